The molecule has 0 saturated carbocycles. The molecule has 5 nitrogen and oxygen atoms in total. The Kier molecular flexibility index (Phi) is 5.67. The molecule has 6 heteroatoms. The largest absolute Gasteiger partial charge is 0.352 e. The van der Waals surface area contributed by atoms with Crippen LogP contribution in [0.3, 0.4) is 0 Å². The number of amides is 1. The molecular formula is C33H31ClN2O3. The third-order valence-electron chi connectivity index (χ3n) is 8.55. The minimum atomic E-state index is -1.30. The van der Waals surface area contributed by atoms with Crippen molar-refractivity contribution < 1.29 is 14.4 Å². The number of carbonyl (C=O) groups excluding carboxylic acids is 3. The second kappa shape index (κ2) is 8.65. The van der Waals surface area contributed by atoms with Gasteiger partial charge in [0.1, 0.15) is 11.5 Å². The smallest absolute Gasteiger partial charge is 0.238 e. The van der Waals surface area contributed by atoms with Crippen LogP contribution in [0.1, 0.15) is 54.7 Å². The van der Waals surface area contributed by atoms with Gasteiger partial charge in [-0.05, 0) is 67.4 Å². The number of rotatable bonds is 3. The maximum Gasteiger partial charge on any atom is 0.238 e. The first-order valence-electron chi connectivity index (χ1n) is 13.3. The Hall–Kier alpha value is -3.70. The molecule has 1 amide bonds. The minimum Gasteiger partial charge on any atom is -0.352 e. The van der Waals surface area contributed by atoms with Crippen molar-refractivity contribution in [3.8, 4) is 0 Å². The summed E-state index contributed by atoms with van der Waals surface area (Å²) in [5.41, 5.74) is 3.81. The Morgan fingerprint density at radius 1 is 0.974 bits per heavy atom. The van der Waals surface area contributed by atoms with Crippen LogP contribution in [0.5, 0.6) is 0 Å². The van der Waals surface area contributed by atoms with E-state index in [1.807, 2.05) is 71.0 Å². The van der Waals surface area contributed by atoms with Gasteiger partial charge in [0.05, 0.1) is 12.0 Å². The summed E-state index contributed by atoms with van der Waals surface area (Å²) in [6.07, 6.45) is 2.08. The predicted molar refractivity (Wildman–Crippen MR) is 155 cm³/mol. The number of benzene rings is 3. The van der Waals surface area contributed by atoms with Crippen molar-refractivity contribution in [1.82, 2.24) is 0 Å². The highest BCUT2D eigenvalue weighted by molar-refractivity contribution is 6.30. The van der Waals surface area contributed by atoms with E-state index in [9.17, 15) is 14.4 Å². The van der Waals surface area contributed by atoms with Crippen LogP contribution in [0.4, 0.5) is 11.4 Å². The molecule has 3 aliphatic heterocycles. The number of para-hydroxylation sites is 1. The standard InChI is InChI=1S/C33H31ClN2O3/c1-18-10-15-25-22(16-18)19(2)17-26-33(23-8-6-7-9-24(23)35-31(33)39)27(28(36(25)26)30(38)32(3,4)5)29(37)20-11-13-21(34)14-12-20/h6-17,26-28H,1-5H3,(H,35,39)/t26-,27+,28+,33-/m1/s1. The number of anilines is 2. The summed E-state index contributed by atoms with van der Waals surface area (Å²) in [5.74, 6) is -1.53. The number of carbonyl (C=O) groups is 3. The first-order valence-corrected chi connectivity index (χ1v) is 13.7. The SMILES string of the molecule is CC1=C[C@H]2N(c3ccc(C)cc31)[C@H](C(=O)C(C)(C)C)[C@@H](C(=O)c1ccc(Cl)cc1)[C@]21C(=O)Nc2ccccc21. The number of allylic oxidation sites excluding steroid dienone is 1. The van der Waals surface area contributed by atoms with Gasteiger partial charge in [-0.15, -0.1) is 0 Å². The highest BCUT2D eigenvalue weighted by atomic mass is 35.5. The Balaban J connectivity index is 1.70. The van der Waals surface area contributed by atoms with Gasteiger partial charge < -0.3 is 10.2 Å². The summed E-state index contributed by atoms with van der Waals surface area (Å²) in [4.78, 5) is 45.6. The van der Waals surface area contributed by atoms with Crippen molar-refractivity contribution in [3.05, 3.63) is 100 Å². The van der Waals surface area contributed by atoms with Crippen LogP contribution in [0, 0.1) is 18.3 Å². The average molecular weight is 539 g/mol. The van der Waals surface area contributed by atoms with Gasteiger partial charge in [0.25, 0.3) is 0 Å². The van der Waals surface area contributed by atoms with E-state index in [0.29, 0.717) is 16.3 Å². The zero-order valence-corrected chi connectivity index (χ0v) is 23.5. The molecule has 1 fully saturated rings. The highest BCUT2D eigenvalue weighted by Gasteiger charge is 2.71. The lowest BCUT2D eigenvalue weighted by atomic mass is 9.63. The second-order valence-corrected chi connectivity index (χ2v) is 12.4. The third kappa shape index (κ3) is 3.56. The van der Waals surface area contributed by atoms with Crippen LogP contribution in [0.25, 0.3) is 5.57 Å². The van der Waals surface area contributed by atoms with Gasteiger partial charge in [0.15, 0.2) is 11.6 Å². The molecule has 0 aliphatic carbocycles. The number of hydrogen-bond donors (Lipinski definition) is 1. The number of ketones is 2. The van der Waals surface area contributed by atoms with E-state index < -0.39 is 28.8 Å². The Labute approximate surface area is 233 Å². The van der Waals surface area contributed by atoms with Gasteiger partial charge in [-0.2, -0.15) is 0 Å². The van der Waals surface area contributed by atoms with Crippen LogP contribution in [-0.4, -0.2) is 29.6 Å². The lowest BCUT2D eigenvalue weighted by molar-refractivity contribution is -0.128. The summed E-state index contributed by atoms with van der Waals surface area (Å²) in [6, 6.07) is 19.0. The molecule has 3 aromatic carbocycles. The van der Waals surface area contributed by atoms with Crippen LogP contribution in [0.2, 0.25) is 5.02 Å². The van der Waals surface area contributed by atoms with E-state index in [2.05, 4.69) is 22.4 Å². The van der Waals surface area contributed by atoms with Crippen molar-refractivity contribution in [1.29, 1.82) is 0 Å². The monoisotopic (exact) mass is 538 g/mol. The molecule has 3 aliphatic rings. The fraction of sp³-hybridized carbons (Fsp3) is 0.303. The normalized spacial score (nSPS) is 25.1. The van der Waals surface area contributed by atoms with Gasteiger partial charge in [-0.25, -0.2) is 0 Å². The molecule has 4 atom stereocenters. The molecule has 0 aromatic heterocycles. The Morgan fingerprint density at radius 2 is 1.67 bits per heavy atom. The lowest BCUT2D eigenvalue weighted by Crippen LogP contribution is -2.51. The summed E-state index contributed by atoms with van der Waals surface area (Å²) in [5, 5.41) is 3.59. The summed E-state index contributed by atoms with van der Waals surface area (Å²) in [6.45, 7) is 9.71. The van der Waals surface area contributed by atoms with Gasteiger partial charge in [0, 0.05) is 32.9 Å². The lowest BCUT2D eigenvalue weighted by Gasteiger charge is -2.40. The zero-order chi connectivity index (χ0) is 27.9. The third-order valence-corrected chi connectivity index (χ3v) is 8.80. The Morgan fingerprint density at radius 3 is 2.36 bits per heavy atom. The van der Waals surface area contributed by atoms with E-state index in [-0.39, 0.29) is 17.5 Å². The van der Waals surface area contributed by atoms with Crippen LogP contribution in [-0.2, 0) is 15.0 Å². The minimum absolute atomic E-state index is 0.0756. The molecule has 0 unspecified atom stereocenters. The molecule has 1 N–H and O–H groups in total. The molecule has 1 saturated heterocycles. The quantitative estimate of drug-likeness (QED) is 0.380. The van der Waals surface area contributed by atoms with Gasteiger partial charge in [-0.3, -0.25) is 14.4 Å². The van der Waals surface area contributed by atoms with Crippen LogP contribution in [0.15, 0.2) is 72.8 Å². The number of aryl methyl sites for hydroxylation is 1. The molecular weight excluding hydrogens is 508 g/mol. The molecule has 39 heavy (non-hydrogen) atoms. The summed E-state index contributed by atoms with van der Waals surface area (Å²) < 4.78 is 0. The van der Waals surface area contributed by atoms with Crippen LogP contribution >= 0.6 is 11.6 Å². The zero-order valence-electron chi connectivity index (χ0n) is 22.7. The summed E-state index contributed by atoms with van der Waals surface area (Å²) >= 11 is 6.16. The molecule has 3 aromatic rings. The van der Waals surface area contributed by atoms with E-state index in [4.69, 9.17) is 11.6 Å². The first kappa shape index (κ1) is 25.6. The van der Waals surface area contributed by atoms with E-state index in [1.54, 1.807) is 24.3 Å². The maximum absolute atomic E-state index is 14.7. The molecule has 0 bridgehead atoms. The number of halogens is 1. The number of Topliss-reactive ketones (excluding diaryl/α,β-unsaturated/α-hetero) is 2. The number of nitrogens with one attached hydrogen (secondary N) is 1. The molecule has 198 valence electrons. The summed E-state index contributed by atoms with van der Waals surface area (Å²) in [7, 11) is 0. The fourth-order valence-corrected chi connectivity index (χ4v) is 6.91. The van der Waals surface area contributed by atoms with Crippen molar-refractivity contribution >= 4 is 46.0 Å². The van der Waals surface area contributed by atoms with Crippen molar-refractivity contribution in [2.24, 2.45) is 11.3 Å². The van der Waals surface area contributed by atoms with Crippen molar-refractivity contribution in [2.45, 2.75) is 52.1 Å². The first-order chi connectivity index (χ1) is 18.5. The Bertz CT molecular complexity index is 1580. The fourth-order valence-electron chi connectivity index (χ4n) is 6.78. The van der Waals surface area contributed by atoms with E-state index >= 15 is 0 Å². The predicted octanol–water partition coefficient (Wildman–Crippen LogP) is 6.63. The van der Waals surface area contributed by atoms with E-state index in [1.165, 1.54) is 0 Å². The molecule has 0 radical (unpaired) electrons. The molecule has 1 spiro atoms. The maximum atomic E-state index is 14.7. The second-order valence-electron chi connectivity index (χ2n) is 12.0. The van der Waals surface area contributed by atoms with Crippen LogP contribution < -0.4 is 10.2 Å². The van der Waals surface area contributed by atoms with Gasteiger partial charge >= 0.3 is 0 Å². The number of nitrogens with zero attached hydrogens (tertiary/aromatic N) is 1. The highest BCUT2D eigenvalue weighted by Crippen LogP contribution is 2.59. The van der Waals surface area contributed by atoms with Crippen molar-refractivity contribution in [2.75, 3.05) is 10.2 Å². The number of hydrogen-bond acceptors (Lipinski definition) is 4. The molecule has 6 rings (SSSR count). The number of fused-ring (bicyclic) bond motifs is 6. The average Bonchev–Trinajstić information content (AvgIpc) is 3.35. The van der Waals surface area contributed by atoms with Gasteiger partial charge in [-0.1, -0.05) is 68.3 Å². The van der Waals surface area contributed by atoms with Gasteiger partial charge in [0.2, 0.25) is 5.91 Å². The van der Waals surface area contributed by atoms with Crippen molar-refractivity contribution in [3.63, 3.8) is 0 Å². The van der Waals surface area contributed by atoms with E-state index in [0.717, 1.165) is 28.0 Å². The molecule has 3 heterocycles. The topological polar surface area (TPSA) is 66.5 Å².